The number of carbonyl (C=O) groups is 1. The largest absolute Gasteiger partial charge is 0.332 e. The van der Waals surface area contributed by atoms with E-state index in [1.165, 1.54) is 12.1 Å². The molecule has 7 nitrogen and oxygen atoms in total. The van der Waals surface area contributed by atoms with E-state index in [1.807, 2.05) is 12.3 Å². The third kappa shape index (κ3) is 4.05. The quantitative estimate of drug-likeness (QED) is 0.684. The lowest BCUT2D eigenvalue weighted by Crippen LogP contribution is -2.40. The van der Waals surface area contributed by atoms with Crippen LogP contribution in [-0.4, -0.2) is 50.3 Å². The van der Waals surface area contributed by atoms with Crippen LogP contribution in [0.3, 0.4) is 0 Å². The summed E-state index contributed by atoms with van der Waals surface area (Å²) in [6.07, 6.45) is 4.95. The number of amides is 1. The summed E-state index contributed by atoms with van der Waals surface area (Å²) in [6.45, 7) is 3.11. The van der Waals surface area contributed by atoms with E-state index in [-0.39, 0.29) is 29.5 Å². The highest BCUT2D eigenvalue weighted by molar-refractivity contribution is 5.94. The monoisotopic (exact) mass is 433 g/mol. The van der Waals surface area contributed by atoms with E-state index in [4.69, 9.17) is 4.98 Å². The van der Waals surface area contributed by atoms with Crippen molar-refractivity contribution >= 4 is 5.91 Å². The molecule has 8 heteroatoms. The predicted molar refractivity (Wildman–Crippen MR) is 117 cm³/mol. The Morgan fingerprint density at radius 2 is 2.06 bits per heavy atom. The zero-order valence-electron chi connectivity index (χ0n) is 17.6. The van der Waals surface area contributed by atoms with Gasteiger partial charge >= 0.3 is 0 Å². The lowest BCUT2D eigenvalue weighted by atomic mass is 10.0. The minimum absolute atomic E-state index is 0.0443. The second kappa shape index (κ2) is 8.63. The molecule has 164 valence electrons. The molecule has 5 rings (SSSR count). The maximum Gasteiger partial charge on any atom is 0.257 e. The fraction of sp³-hybridized carbons (Fsp3) is 0.333. The lowest BCUT2D eigenvalue weighted by Gasteiger charge is -2.28. The number of rotatable bonds is 4. The summed E-state index contributed by atoms with van der Waals surface area (Å²) in [5, 5.41) is 0. The molecule has 3 aromatic rings. The summed E-state index contributed by atoms with van der Waals surface area (Å²) in [7, 11) is 0. The fourth-order valence-electron chi connectivity index (χ4n) is 4.58. The van der Waals surface area contributed by atoms with Crippen LogP contribution in [0.4, 0.5) is 4.39 Å². The van der Waals surface area contributed by atoms with Crippen molar-refractivity contribution in [2.75, 3.05) is 19.6 Å². The second-order valence-electron chi connectivity index (χ2n) is 8.41. The molecule has 1 aromatic carbocycles. The van der Waals surface area contributed by atoms with Crippen molar-refractivity contribution in [1.29, 1.82) is 0 Å². The number of halogens is 1. The zero-order chi connectivity index (χ0) is 22.1. The van der Waals surface area contributed by atoms with E-state index < -0.39 is 5.82 Å². The maximum absolute atomic E-state index is 14.1. The number of likely N-dealkylation sites (tertiary alicyclic amines) is 1. The summed E-state index contributed by atoms with van der Waals surface area (Å²) in [4.78, 5) is 41.4. The minimum Gasteiger partial charge on any atom is -0.332 e. The number of nitrogens with zero attached hydrogens (tertiary/aromatic N) is 4. The van der Waals surface area contributed by atoms with Gasteiger partial charge in [0.2, 0.25) is 0 Å². The third-order valence-corrected chi connectivity index (χ3v) is 6.27. The van der Waals surface area contributed by atoms with Crippen LogP contribution in [0.2, 0.25) is 0 Å². The number of carbonyl (C=O) groups excluding carboxylic acids is 1. The van der Waals surface area contributed by atoms with E-state index in [1.54, 1.807) is 23.2 Å². The third-order valence-electron chi connectivity index (χ3n) is 6.27. The average molecular weight is 433 g/mol. The van der Waals surface area contributed by atoms with Crippen LogP contribution < -0.4 is 5.56 Å². The number of H-pyrrole nitrogens is 1. The Labute approximate surface area is 184 Å². The molecule has 0 unspecified atom stereocenters. The smallest absolute Gasteiger partial charge is 0.257 e. The molecule has 1 amide bonds. The number of hydrogen-bond acceptors (Lipinski definition) is 5. The highest BCUT2D eigenvalue weighted by Gasteiger charge is 2.30. The van der Waals surface area contributed by atoms with Gasteiger partial charge in [0, 0.05) is 43.5 Å². The Morgan fingerprint density at radius 3 is 2.88 bits per heavy atom. The maximum atomic E-state index is 14.1. The van der Waals surface area contributed by atoms with Crippen molar-refractivity contribution in [3.05, 3.63) is 93.2 Å². The van der Waals surface area contributed by atoms with Crippen LogP contribution in [0, 0.1) is 5.82 Å². The number of pyridine rings is 1. The molecule has 1 fully saturated rings. The molecule has 0 aliphatic carbocycles. The van der Waals surface area contributed by atoms with Crippen molar-refractivity contribution in [2.45, 2.75) is 31.8 Å². The Kier molecular flexibility index (Phi) is 5.53. The van der Waals surface area contributed by atoms with Gasteiger partial charge in [0.15, 0.2) is 0 Å². The summed E-state index contributed by atoms with van der Waals surface area (Å²) in [5.74, 6) is -0.117. The molecule has 0 saturated carbocycles. The Bertz CT molecular complexity index is 1200. The minimum atomic E-state index is -0.539. The first kappa shape index (κ1) is 20.5. The van der Waals surface area contributed by atoms with Gasteiger partial charge in [0.25, 0.3) is 11.5 Å². The Morgan fingerprint density at radius 1 is 1.19 bits per heavy atom. The van der Waals surface area contributed by atoms with Gasteiger partial charge in [-0.2, -0.15) is 0 Å². The highest BCUT2D eigenvalue weighted by Crippen LogP contribution is 2.27. The van der Waals surface area contributed by atoms with Crippen molar-refractivity contribution in [1.82, 2.24) is 24.8 Å². The van der Waals surface area contributed by atoms with Gasteiger partial charge in [-0.15, -0.1) is 0 Å². The van der Waals surface area contributed by atoms with E-state index in [0.717, 1.165) is 31.6 Å². The van der Waals surface area contributed by atoms with E-state index >= 15 is 0 Å². The van der Waals surface area contributed by atoms with Crippen LogP contribution in [0.15, 0.2) is 53.6 Å². The Hall–Kier alpha value is -3.39. The lowest BCUT2D eigenvalue weighted by molar-refractivity contribution is 0.0726. The first-order chi connectivity index (χ1) is 15.6. The van der Waals surface area contributed by atoms with Gasteiger partial charge in [0.1, 0.15) is 11.6 Å². The molecule has 32 heavy (non-hydrogen) atoms. The van der Waals surface area contributed by atoms with Gasteiger partial charge in [0.05, 0.1) is 17.8 Å². The van der Waals surface area contributed by atoms with Crippen LogP contribution >= 0.6 is 0 Å². The van der Waals surface area contributed by atoms with Gasteiger partial charge < -0.3 is 9.88 Å². The first-order valence-corrected chi connectivity index (χ1v) is 10.9. The molecule has 2 aliphatic heterocycles. The molecule has 2 aliphatic rings. The van der Waals surface area contributed by atoms with Gasteiger partial charge in [-0.05, 0) is 43.1 Å². The average Bonchev–Trinajstić information content (AvgIpc) is 3.28. The topological polar surface area (TPSA) is 82.2 Å². The number of nitrogens with one attached hydrogen (secondary N) is 1. The number of benzene rings is 1. The van der Waals surface area contributed by atoms with E-state index in [0.29, 0.717) is 30.0 Å². The van der Waals surface area contributed by atoms with E-state index in [2.05, 4.69) is 20.9 Å². The number of hydrogen-bond donors (Lipinski definition) is 1. The summed E-state index contributed by atoms with van der Waals surface area (Å²) in [5.41, 5.74) is 2.31. The molecule has 1 N–H and O–H groups in total. The first-order valence-electron chi connectivity index (χ1n) is 10.9. The van der Waals surface area contributed by atoms with Gasteiger partial charge in [-0.25, -0.2) is 9.37 Å². The standard InChI is InChI=1S/C24H24FN5O2/c25-20-6-2-1-5-18(20)24(32)30-11-8-19-21(15-30)27-22(28-23(19)31)17-7-10-29(14-17)13-16-4-3-9-26-12-16/h1-6,9,12,17H,7-8,10-11,13-15H2,(H,27,28,31)/t17-/m0/s1. The molecule has 0 bridgehead atoms. The van der Waals surface area contributed by atoms with Crippen LogP contribution in [0.25, 0.3) is 0 Å². The molecule has 2 aromatic heterocycles. The number of fused-ring (bicyclic) bond motifs is 1. The van der Waals surface area contributed by atoms with Crippen LogP contribution in [0.1, 0.15) is 45.3 Å². The van der Waals surface area contributed by atoms with Gasteiger partial charge in [-0.3, -0.25) is 19.5 Å². The van der Waals surface area contributed by atoms with Crippen molar-refractivity contribution in [2.24, 2.45) is 0 Å². The van der Waals surface area contributed by atoms with E-state index in [9.17, 15) is 14.0 Å². The summed E-state index contributed by atoms with van der Waals surface area (Å²) < 4.78 is 14.1. The fourth-order valence-corrected chi connectivity index (χ4v) is 4.58. The molecule has 0 spiro atoms. The predicted octanol–water partition coefficient (Wildman–Crippen LogP) is 2.49. The number of aromatic amines is 1. The van der Waals surface area contributed by atoms with Crippen LogP contribution in [-0.2, 0) is 19.5 Å². The molecule has 0 radical (unpaired) electrons. The molecular formula is C24H24FN5O2. The van der Waals surface area contributed by atoms with Crippen molar-refractivity contribution in [3.63, 3.8) is 0 Å². The SMILES string of the molecule is O=C(c1ccccc1F)N1CCc2c(nc([C@H]3CCN(Cc4cccnc4)C3)[nH]c2=O)C1. The highest BCUT2D eigenvalue weighted by atomic mass is 19.1. The molecule has 1 atom stereocenters. The summed E-state index contributed by atoms with van der Waals surface area (Å²) >= 11 is 0. The van der Waals surface area contributed by atoms with Crippen molar-refractivity contribution in [3.8, 4) is 0 Å². The Balaban J connectivity index is 1.33. The normalized spacial score (nSPS) is 18.5. The molecular weight excluding hydrogens is 409 g/mol. The summed E-state index contributed by atoms with van der Waals surface area (Å²) in [6, 6.07) is 9.96. The zero-order valence-corrected chi connectivity index (χ0v) is 17.6. The number of aromatic nitrogens is 3. The van der Waals surface area contributed by atoms with Gasteiger partial charge in [-0.1, -0.05) is 18.2 Å². The second-order valence-corrected chi connectivity index (χ2v) is 8.41. The van der Waals surface area contributed by atoms with Crippen molar-refractivity contribution < 1.29 is 9.18 Å². The molecule has 1 saturated heterocycles. The van der Waals surface area contributed by atoms with Crippen LogP contribution in [0.5, 0.6) is 0 Å². The molecule has 4 heterocycles.